The van der Waals surface area contributed by atoms with Gasteiger partial charge >= 0.3 is 0 Å². The van der Waals surface area contributed by atoms with Crippen LogP contribution in [0.4, 0.5) is 4.48 Å². The van der Waals surface area contributed by atoms with E-state index in [1.807, 2.05) is 0 Å². The maximum atomic E-state index is 11.2. The van der Waals surface area contributed by atoms with E-state index in [-0.39, 0.29) is 3.79 Å². The zero-order valence-corrected chi connectivity index (χ0v) is 5.90. The smallest absolute Gasteiger partial charge is 0.211 e. The van der Waals surface area contributed by atoms with Crippen molar-refractivity contribution in [2.75, 3.05) is 0 Å². The van der Waals surface area contributed by atoms with Crippen molar-refractivity contribution in [2.45, 2.75) is 13.0 Å². The number of hydrogen-bond donors (Lipinski definition) is 1. The predicted octanol–water partition coefficient (Wildman–Crippen LogP) is 0.811. The molecule has 0 unspecified atom stereocenters. The van der Waals surface area contributed by atoms with Crippen LogP contribution in [-0.4, -0.2) is 9.83 Å². The van der Waals surface area contributed by atoms with Crippen molar-refractivity contribution >= 4 is 26.4 Å². The maximum Gasteiger partial charge on any atom is 0.211 e. The number of halogens is 2. The van der Waals surface area contributed by atoms with Gasteiger partial charge in [-0.1, -0.05) is 0 Å². The summed E-state index contributed by atoms with van der Waals surface area (Å²) >= 11 is 1.53. The van der Waals surface area contributed by atoms with E-state index >= 15 is 0 Å². The molecule has 7 heavy (non-hydrogen) atoms. The molecule has 0 heterocycles. The molecule has 0 fully saturated rings. The second kappa shape index (κ2) is 3.31. The van der Waals surface area contributed by atoms with E-state index in [0.717, 1.165) is 0 Å². The Morgan fingerprint density at radius 1 is 2.00 bits per heavy atom. The van der Waals surface area contributed by atoms with Crippen molar-refractivity contribution in [1.82, 2.24) is 5.54 Å². The summed E-state index contributed by atoms with van der Waals surface area (Å²) in [5.74, 6) is 0. The molecule has 1 N–H and O–H groups in total. The van der Waals surface area contributed by atoms with Gasteiger partial charge in [-0.3, -0.25) is 4.79 Å². The summed E-state index contributed by atoms with van der Waals surface area (Å²) in [6, 6.07) is -0.666. The van der Waals surface area contributed by atoms with Gasteiger partial charge in [0.1, 0.15) is 6.04 Å². The Morgan fingerprint density at radius 3 is 2.43 bits per heavy atom. The van der Waals surface area contributed by atoms with E-state index in [0.29, 0.717) is 0 Å². The van der Waals surface area contributed by atoms with Gasteiger partial charge in [-0.2, -0.15) is 0 Å². The Kier molecular flexibility index (Phi) is 3.45. The van der Waals surface area contributed by atoms with E-state index in [2.05, 4.69) is 0 Å². The fourth-order valence-corrected chi connectivity index (χ4v) is 0.161. The summed E-state index contributed by atoms with van der Waals surface area (Å²) in [5.41, 5.74) is 1.31. The van der Waals surface area contributed by atoms with E-state index in [1.54, 1.807) is 0 Å². The van der Waals surface area contributed by atoms with Gasteiger partial charge in [-0.15, -0.1) is 10.0 Å². The second-order valence-corrected chi connectivity index (χ2v) is 2.20. The third kappa shape index (κ3) is 2.93. The topological polar surface area (TPSA) is 29.1 Å². The molecule has 0 radical (unpaired) electrons. The predicted molar refractivity (Wildman–Crippen MR) is 32.7 cm³/mol. The molecule has 0 aliphatic heterocycles. The molecule has 0 amide bonds. The molecule has 1 atom stereocenters. The Bertz CT molecular complexity index is 77.3. The van der Waals surface area contributed by atoms with Crippen LogP contribution in [-0.2, 0) is 4.79 Å². The summed E-state index contributed by atoms with van der Waals surface area (Å²) in [5, 5.41) is 0. The fourth-order valence-electron chi connectivity index (χ4n) is 0.0429. The highest BCUT2D eigenvalue weighted by Crippen LogP contribution is 1.91. The first-order valence-electron chi connectivity index (χ1n) is 1.74. The number of nitrogens with one attached hydrogen (secondary N) is 1. The maximum absolute atomic E-state index is 11.2. The lowest BCUT2D eigenvalue weighted by Crippen LogP contribution is -2.23. The SMILES string of the molecule is C[C@H](NF)C(=O)I. The van der Waals surface area contributed by atoms with Crippen LogP contribution in [0.2, 0.25) is 0 Å². The van der Waals surface area contributed by atoms with Crippen LogP contribution >= 0.6 is 22.6 Å². The minimum atomic E-state index is -0.666. The molecular weight excluding hydrogens is 212 g/mol. The summed E-state index contributed by atoms with van der Waals surface area (Å²) in [4.78, 5) is 10.1. The highest BCUT2D eigenvalue weighted by molar-refractivity contribution is 14.1. The fraction of sp³-hybridized carbons (Fsp3) is 0.667. The van der Waals surface area contributed by atoms with E-state index < -0.39 is 6.04 Å². The summed E-state index contributed by atoms with van der Waals surface area (Å²) in [7, 11) is 0. The van der Waals surface area contributed by atoms with Gasteiger partial charge in [0.15, 0.2) is 0 Å². The van der Waals surface area contributed by atoms with Crippen LogP contribution in [0.3, 0.4) is 0 Å². The second-order valence-electron chi connectivity index (χ2n) is 1.13. The Morgan fingerprint density at radius 2 is 2.43 bits per heavy atom. The minimum absolute atomic E-state index is 0.222. The quantitative estimate of drug-likeness (QED) is 0.421. The molecule has 4 heteroatoms. The number of carbonyl (C=O) groups excluding carboxylic acids is 1. The Hall–Kier alpha value is 0.290. The Labute approximate surface area is 54.5 Å². The Balaban J connectivity index is 3.34. The molecule has 0 aromatic rings. The molecule has 0 spiro atoms. The molecule has 0 aliphatic rings. The lowest BCUT2D eigenvalue weighted by molar-refractivity contribution is -0.111. The number of rotatable bonds is 2. The molecule has 0 saturated heterocycles. The van der Waals surface area contributed by atoms with Crippen LogP contribution in [0.1, 0.15) is 6.92 Å². The summed E-state index contributed by atoms with van der Waals surface area (Å²) in [6.07, 6.45) is 0. The first-order valence-corrected chi connectivity index (χ1v) is 2.82. The summed E-state index contributed by atoms with van der Waals surface area (Å²) in [6.45, 7) is 1.45. The molecular formula is C3H5FINO. The van der Waals surface area contributed by atoms with E-state index in [1.165, 1.54) is 35.1 Å². The van der Waals surface area contributed by atoms with Crippen LogP contribution in [0.5, 0.6) is 0 Å². The van der Waals surface area contributed by atoms with Gasteiger partial charge in [0.2, 0.25) is 3.79 Å². The van der Waals surface area contributed by atoms with Gasteiger partial charge in [-0.05, 0) is 6.92 Å². The van der Waals surface area contributed by atoms with Crippen LogP contribution in [0.15, 0.2) is 0 Å². The molecule has 0 aliphatic carbocycles. The van der Waals surface area contributed by atoms with Gasteiger partial charge in [0, 0.05) is 22.6 Å². The van der Waals surface area contributed by atoms with Crippen molar-refractivity contribution < 1.29 is 9.28 Å². The monoisotopic (exact) mass is 217 g/mol. The third-order valence-electron chi connectivity index (χ3n) is 0.504. The first-order chi connectivity index (χ1) is 3.18. The van der Waals surface area contributed by atoms with Crippen molar-refractivity contribution in [2.24, 2.45) is 0 Å². The summed E-state index contributed by atoms with van der Waals surface area (Å²) < 4.78 is 10.9. The third-order valence-corrected chi connectivity index (χ3v) is 1.44. The van der Waals surface area contributed by atoms with Gasteiger partial charge in [0.05, 0.1) is 0 Å². The lowest BCUT2D eigenvalue weighted by Gasteiger charge is -1.95. The van der Waals surface area contributed by atoms with Crippen molar-refractivity contribution in [3.05, 3.63) is 0 Å². The van der Waals surface area contributed by atoms with Crippen LogP contribution in [0, 0.1) is 0 Å². The number of carbonyl (C=O) groups is 1. The highest BCUT2D eigenvalue weighted by Gasteiger charge is 2.05. The first kappa shape index (κ1) is 7.29. The van der Waals surface area contributed by atoms with Crippen LogP contribution < -0.4 is 5.54 Å². The lowest BCUT2D eigenvalue weighted by atomic mass is 10.4. The number of hydrogen-bond acceptors (Lipinski definition) is 2. The average Bonchev–Trinajstić information content (AvgIpc) is 1.65. The molecule has 2 nitrogen and oxygen atoms in total. The van der Waals surface area contributed by atoms with E-state index in [4.69, 9.17) is 0 Å². The largest absolute Gasteiger partial charge is 0.286 e. The normalized spacial score (nSPS) is 13.6. The molecule has 0 saturated carbocycles. The molecule has 0 aromatic carbocycles. The average molecular weight is 217 g/mol. The van der Waals surface area contributed by atoms with E-state index in [9.17, 15) is 9.28 Å². The standard InChI is InChI=1S/C3H5FINO/c1-2(6-4)3(5)7/h2,6H,1H3/t2-/m0/s1. The van der Waals surface area contributed by atoms with Gasteiger partial charge in [-0.25, -0.2) is 0 Å². The molecule has 0 aromatic heterocycles. The van der Waals surface area contributed by atoms with Gasteiger partial charge < -0.3 is 0 Å². The van der Waals surface area contributed by atoms with Crippen molar-refractivity contribution in [3.63, 3.8) is 0 Å². The zero-order valence-electron chi connectivity index (χ0n) is 3.74. The molecule has 0 bridgehead atoms. The zero-order chi connectivity index (χ0) is 5.86. The highest BCUT2D eigenvalue weighted by atomic mass is 127. The minimum Gasteiger partial charge on any atom is -0.286 e. The van der Waals surface area contributed by atoms with Crippen LogP contribution in [0.25, 0.3) is 0 Å². The van der Waals surface area contributed by atoms with Gasteiger partial charge in [0.25, 0.3) is 0 Å². The molecule has 42 valence electrons. The van der Waals surface area contributed by atoms with Crippen molar-refractivity contribution in [3.8, 4) is 0 Å². The van der Waals surface area contributed by atoms with Crippen molar-refractivity contribution in [1.29, 1.82) is 0 Å². The molecule has 0 rings (SSSR count).